The van der Waals surface area contributed by atoms with Crippen LogP contribution in [0.15, 0.2) is 53.0 Å². The number of nitrogens with one attached hydrogen (secondary N) is 1. The summed E-state index contributed by atoms with van der Waals surface area (Å²) in [5.74, 6) is 0.903. The largest absolute Gasteiger partial charge is 0.493 e. The Balaban J connectivity index is 2.01. The molecular formula is C18H19BrN2O3. The van der Waals surface area contributed by atoms with Crippen molar-refractivity contribution in [1.29, 1.82) is 0 Å². The number of carbonyl (C=O) groups excluding carboxylic acids is 1. The summed E-state index contributed by atoms with van der Waals surface area (Å²) < 4.78 is 11.7. The number of carbonyl (C=O) groups is 1. The first kappa shape index (κ1) is 18.0. The fraction of sp³-hybridized carbons (Fsp3) is 0.167. The first-order valence-electron chi connectivity index (χ1n) is 7.38. The van der Waals surface area contributed by atoms with Gasteiger partial charge in [-0.15, -0.1) is 0 Å². The van der Waals surface area contributed by atoms with Crippen LogP contribution in [0.1, 0.15) is 5.56 Å². The van der Waals surface area contributed by atoms with Crippen LogP contribution in [0, 0.1) is 0 Å². The van der Waals surface area contributed by atoms with E-state index in [1.807, 2.05) is 24.3 Å². The van der Waals surface area contributed by atoms with E-state index in [1.165, 1.54) is 6.08 Å². The standard InChI is InChI=1S/C18H19BrN2O3/c1-23-17-12-15(7-8-16(17)24-11-10-20)21-18(22)9-4-13-2-5-14(19)6-3-13/h2-9,12H,10-11,20H2,1H3,(H,21,22)/b9-4+. The molecule has 0 aliphatic rings. The van der Waals surface area contributed by atoms with E-state index < -0.39 is 0 Å². The summed E-state index contributed by atoms with van der Waals surface area (Å²) >= 11 is 3.37. The van der Waals surface area contributed by atoms with Crippen LogP contribution in [-0.4, -0.2) is 26.2 Å². The second-order valence-corrected chi connectivity index (χ2v) is 5.79. The molecule has 5 nitrogen and oxygen atoms in total. The summed E-state index contributed by atoms with van der Waals surface area (Å²) in [6.45, 7) is 0.820. The van der Waals surface area contributed by atoms with E-state index >= 15 is 0 Å². The van der Waals surface area contributed by atoms with Gasteiger partial charge in [-0.3, -0.25) is 4.79 Å². The summed E-state index contributed by atoms with van der Waals surface area (Å²) in [4.78, 5) is 12.0. The van der Waals surface area contributed by atoms with Crippen molar-refractivity contribution in [2.45, 2.75) is 0 Å². The summed E-state index contributed by atoms with van der Waals surface area (Å²) in [6.07, 6.45) is 3.23. The third-order valence-corrected chi connectivity index (χ3v) is 3.63. The average Bonchev–Trinajstić information content (AvgIpc) is 2.60. The monoisotopic (exact) mass is 390 g/mol. The van der Waals surface area contributed by atoms with Crippen molar-refractivity contribution in [3.63, 3.8) is 0 Å². The van der Waals surface area contributed by atoms with Gasteiger partial charge in [-0.2, -0.15) is 0 Å². The number of methoxy groups -OCH3 is 1. The third-order valence-electron chi connectivity index (χ3n) is 3.10. The molecule has 0 aliphatic carbocycles. The lowest BCUT2D eigenvalue weighted by atomic mass is 10.2. The van der Waals surface area contributed by atoms with Crippen LogP contribution in [-0.2, 0) is 4.79 Å². The maximum absolute atomic E-state index is 12.0. The molecule has 2 aromatic carbocycles. The van der Waals surface area contributed by atoms with Gasteiger partial charge in [0.05, 0.1) is 7.11 Å². The lowest BCUT2D eigenvalue weighted by Crippen LogP contribution is -2.11. The molecule has 2 aromatic rings. The molecule has 0 spiro atoms. The van der Waals surface area contributed by atoms with Crippen LogP contribution in [0.4, 0.5) is 5.69 Å². The van der Waals surface area contributed by atoms with Gasteiger partial charge in [-0.1, -0.05) is 28.1 Å². The Bertz CT molecular complexity index is 715. The Morgan fingerprint density at radius 2 is 1.96 bits per heavy atom. The van der Waals surface area contributed by atoms with Crippen molar-refractivity contribution < 1.29 is 14.3 Å². The van der Waals surface area contributed by atoms with E-state index in [1.54, 1.807) is 31.4 Å². The molecule has 0 bridgehead atoms. The zero-order chi connectivity index (χ0) is 17.4. The van der Waals surface area contributed by atoms with Gasteiger partial charge in [0.25, 0.3) is 0 Å². The van der Waals surface area contributed by atoms with E-state index in [2.05, 4.69) is 21.2 Å². The van der Waals surface area contributed by atoms with Crippen molar-refractivity contribution in [3.8, 4) is 11.5 Å². The molecule has 0 atom stereocenters. The van der Waals surface area contributed by atoms with Gasteiger partial charge >= 0.3 is 0 Å². The summed E-state index contributed by atoms with van der Waals surface area (Å²) in [6, 6.07) is 12.9. The molecule has 126 valence electrons. The van der Waals surface area contributed by atoms with Gasteiger partial charge in [0.1, 0.15) is 6.61 Å². The number of benzene rings is 2. The van der Waals surface area contributed by atoms with Gasteiger partial charge in [-0.05, 0) is 35.9 Å². The number of anilines is 1. The van der Waals surface area contributed by atoms with Crippen LogP contribution < -0.4 is 20.5 Å². The second kappa shape index (κ2) is 9.10. The Kier molecular flexibility index (Phi) is 6.84. The molecule has 1 amide bonds. The quantitative estimate of drug-likeness (QED) is 0.710. The molecule has 24 heavy (non-hydrogen) atoms. The zero-order valence-electron chi connectivity index (χ0n) is 13.3. The maximum Gasteiger partial charge on any atom is 0.248 e. The SMILES string of the molecule is COc1cc(NC(=O)/C=C/c2ccc(Br)cc2)ccc1OCCN. The predicted molar refractivity (Wildman–Crippen MR) is 99.3 cm³/mol. The highest BCUT2D eigenvalue weighted by atomic mass is 79.9. The van der Waals surface area contributed by atoms with E-state index in [9.17, 15) is 4.79 Å². The number of hydrogen-bond donors (Lipinski definition) is 2. The van der Waals surface area contributed by atoms with E-state index in [0.29, 0.717) is 30.3 Å². The molecular weight excluding hydrogens is 372 g/mol. The second-order valence-electron chi connectivity index (χ2n) is 4.88. The van der Waals surface area contributed by atoms with Crippen molar-refractivity contribution in [2.75, 3.05) is 25.6 Å². The average molecular weight is 391 g/mol. The summed E-state index contributed by atoms with van der Waals surface area (Å²) in [5.41, 5.74) is 6.98. The number of rotatable bonds is 7. The molecule has 0 saturated heterocycles. The third kappa shape index (κ3) is 5.40. The van der Waals surface area contributed by atoms with Crippen molar-refractivity contribution in [3.05, 3.63) is 58.6 Å². The fourth-order valence-corrected chi connectivity index (χ4v) is 2.23. The minimum Gasteiger partial charge on any atom is -0.493 e. The van der Waals surface area contributed by atoms with Crippen LogP contribution in [0.3, 0.4) is 0 Å². The first-order chi connectivity index (χ1) is 11.6. The zero-order valence-corrected chi connectivity index (χ0v) is 14.9. The van der Waals surface area contributed by atoms with Crippen LogP contribution in [0.25, 0.3) is 6.08 Å². The topological polar surface area (TPSA) is 73.6 Å². The Labute approximate surface area is 149 Å². The molecule has 0 aliphatic heterocycles. The Morgan fingerprint density at radius 3 is 2.62 bits per heavy atom. The highest BCUT2D eigenvalue weighted by molar-refractivity contribution is 9.10. The van der Waals surface area contributed by atoms with Crippen molar-refractivity contribution in [1.82, 2.24) is 0 Å². The molecule has 3 N–H and O–H groups in total. The number of halogens is 1. The minimum absolute atomic E-state index is 0.226. The molecule has 0 unspecified atom stereocenters. The van der Waals surface area contributed by atoms with E-state index in [4.69, 9.17) is 15.2 Å². The highest BCUT2D eigenvalue weighted by Crippen LogP contribution is 2.30. The summed E-state index contributed by atoms with van der Waals surface area (Å²) in [7, 11) is 1.55. The lowest BCUT2D eigenvalue weighted by molar-refractivity contribution is -0.111. The molecule has 0 radical (unpaired) electrons. The van der Waals surface area contributed by atoms with Gasteiger partial charge in [-0.25, -0.2) is 0 Å². The van der Waals surface area contributed by atoms with E-state index in [-0.39, 0.29) is 5.91 Å². The Hall–Kier alpha value is -2.31. The van der Waals surface area contributed by atoms with Gasteiger partial charge in [0, 0.05) is 28.8 Å². The lowest BCUT2D eigenvalue weighted by Gasteiger charge is -2.11. The van der Waals surface area contributed by atoms with Gasteiger partial charge in [0.2, 0.25) is 5.91 Å². The van der Waals surface area contributed by atoms with Crippen LogP contribution in [0.2, 0.25) is 0 Å². The molecule has 0 saturated carbocycles. The minimum atomic E-state index is -0.226. The molecule has 0 fully saturated rings. The van der Waals surface area contributed by atoms with Crippen molar-refractivity contribution >= 4 is 33.6 Å². The Morgan fingerprint density at radius 1 is 1.21 bits per heavy atom. The molecule has 0 heterocycles. The molecule has 0 aromatic heterocycles. The fourth-order valence-electron chi connectivity index (χ4n) is 1.96. The first-order valence-corrected chi connectivity index (χ1v) is 8.17. The van der Waals surface area contributed by atoms with Crippen LogP contribution >= 0.6 is 15.9 Å². The maximum atomic E-state index is 12.0. The summed E-state index contributed by atoms with van der Waals surface area (Å²) in [5, 5.41) is 2.79. The van der Waals surface area contributed by atoms with Crippen molar-refractivity contribution in [2.24, 2.45) is 5.73 Å². The predicted octanol–water partition coefficient (Wildman–Crippen LogP) is 3.45. The number of nitrogens with two attached hydrogens (primary N) is 1. The van der Waals surface area contributed by atoms with E-state index in [0.717, 1.165) is 10.0 Å². The van der Waals surface area contributed by atoms with Gasteiger partial charge in [0.15, 0.2) is 11.5 Å². The number of hydrogen-bond acceptors (Lipinski definition) is 4. The molecule has 6 heteroatoms. The van der Waals surface area contributed by atoms with Gasteiger partial charge < -0.3 is 20.5 Å². The normalized spacial score (nSPS) is 10.6. The van der Waals surface area contributed by atoms with Crippen LogP contribution in [0.5, 0.6) is 11.5 Å². The molecule has 2 rings (SSSR count). The number of ether oxygens (including phenoxy) is 2. The number of amides is 1. The smallest absolute Gasteiger partial charge is 0.248 e. The highest BCUT2D eigenvalue weighted by Gasteiger charge is 2.07.